The Balaban J connectivity index is 1.97. The zero-order valence-electron chi connectivity index (χ0n) is 11.0. The second kappa shape index (κ2) is 6.51. The fourth-order valence-corrected chi connectivity index (χ4v) is 2.04. The Hall–Kier alpha value is -1.89. The highest BCUT2D eigenvalue weighted by Gasteiger charge is 2.16. The van der Waals surface area contributed by atoms with Gasteiger partial charge in [-0.05, 0) is 18.1 Å². The summed E-state index contributed by atoms with van der Waals surface area (Å²) in [6.45, 7) is -0.394. The third-order valence-corrected chi connectivity index (χ3v) is 3.17. The van der Waals surface area contributed by atoms with Gasteiger partial charge < -0.3 is 26.2 Å². The number of carbonyl (C=O) groups is 1. The van der Waals surface area contributed by atoms with E-state index < -0.39 is 18.8 Å². The van der Waals surface area contributed by atoms with Crippen LogP contribution in [-0.2, 0) is 11.2 Å². The van der Waals surface area contributed by atoms with Gasteiger partial charge in [-0.1, -0.05) is 18.2 Å². The maximum atomic E-state index is 11.8. The molecule has 0 aliphatic carbocycles. The van der Waals surface area contributed by atoms with Crippen LogP contribution in [0.15, 0.2) is 30.5 Å². The summed E-state index contributed by atoms with van der Waals surface area (Å²) in [4.78, 5) is 14.9. The lowest BCUT2D eigenvalue weighted by Crippen LogP contribution is -2.45. The Kier molecular flexibility index (Phi) is 4.73. The number of rotatable bonds is 6. The molecule has 0 saturated heterocycles. The monoisotopic (exact) mass is 277 g/mol. The van der Waals surface area contributed by atoms with Gasteiger partial charge in [-0.15, -0.1) is 0 Å². The molecule has 1 unspecified atom stereocenters. The van der Waals surface area contributed by atoms with Crippen LogP contribution in [-0.4, -0.2) is 46.4 Å². The van der Waals surface area contributed by atoms with Crippen LogP contribution in [0.4, 0.5) is 0 Å². The lowest BCUT2D eigenvalue weighted by molar-refractivity contribution is -0.122. The number of nitrogens with two attached hydrogens (primary N) is 1. The van der Waals surface area contributed by atoms with E-state index in [1.807, 2.05) is 30.5 Å². The molecule has 2 rings (SSSR count). The summed E-state index contributed by atoms with van der Waals surface area (Å²) in [7, 11) is 0. The van der Waals surface area contributed by atoms with E-state index in [2.05, 4.69) is 10.3 Å². The molecule has 0 spiro atoms. The van der Waals surface area contributed by atoms with E-state index in [-0.39, 0.29) is 12.5 Å². The van der Waals surface area contributed by atoms with Crippen molar-refractivity contribution in [3.05, 3.63) is 36.0 Å². The molecule has 0 fully saturated rings. The number of amides is 1. The van der Waals surface area contributed by atoms with E-state index >= 15 is 0 Å². The smallest absolute Gasteiger partial charge is 0.237 e. The van der Waals surface area contributed by atoms with Crippen molar-refractivity contribution in [3.63, 3.8) is 0 Å². The van der Waals surface area contributed by atoms with Crippen LogP contribution in [0, 0.1) is 0 Å². The van der Waals surface area contributed by atoms with Crippen molar-refractivity contribution >= 4 is 16.8 Å². The van der Waals surface area contributed by atoms with Gasteiger partial charge in [0.25, 0.3) is 0 Å². The number of benzene rings is 1. The highest BCUT2D eigenvalue weighted by atomic mass is 16.3. The van der Waals surface area contributed by atoms with Crippen LogP contribution in [0.25, 0.3) is 10.9 Å². The molecule has 6 heteroatoms. The number of H-pyrrole nitrogens is 1. The van der Waals surface area contributed by atoms with Crippen LogP contribution in [0.3, 0.4) is 0 Å². The zero-order chi connectivity index (χ0) is 14.5. The summed E-state index contributed by atoms with van der Waals surface area (Å²) in [6, 6.07) is 7.11. The summed E-state index contributed by atoms with van der Waals surface area (Å²) in [5, 5.41) is 21.4. The molecule has 0 bridgehead atoms. The zero-order valence-corrected chi connectivity index (χ0v) is 11.0. The van der Waals surface area contributed by atoms with Crippen LogP contribution in [0.1, 0.15) is 5.56 Å². The molecule has 1 aromatic carbocycles. The number of aliphatic hydroxyl groups is 2. The van der Waals surface area contributed by atoms with Crippen molar-refractivity contribution in [3.8, 4) is 0 Å². The standard InChI is InChI=1S/C14H19N3O3/c15-12(14(20)17-7-10(19)8-18)5-9-6-16-13-4-2-1-3-11(9)13/h1-4,6,10,12,16,18-19H,5,7-8,15H2,(H,17,20)/t10?,12-/m1/s1. The number of aromatic amines is 1. The average molecular weight is 277 g/mol. The van der Waals surface area contributed by atoms with Crippen molar-refractivity contribution in [2.75, 3.05) is 13.2 Å². The van der Waals surface area contributed by atoms with E-state index in [4.69, 9.17) is 10.8 Å². The maximum absolute atomic E-state index is 11.8. The van der Waals surface area contributed by atoms with Crippen molar-refractivity contribution in [2.45, 2.75) is 18.6 Å². The predicted molar refractivity (Wildman–Crippen MR) is 76.1 cm³/mol. The molecule has 2 aromatic rings. The molecule has 0 aliphatic heterocycles. The van der Waals surface area contributed by atoms with Gasteiger partial charge in [0, 0.05) is 23.6 Å². The SMILES string of the molecule is N[C@H](Cc1c[nH]c2ccccc12)C(=O)NCC(O)CO. The van der Waals surface area contributed by atoms with Gasteiger partial charge in [-0.25, -0.2) is 0 Å². The Morgan fingerprint density at radius 2 is 2.15 bits per heavy atom. The minimum atomic E-state index is -0.959. The number of fused-ring (bicyclic) bond motifs is 1. The first-order valence-electron chi connectivity index (χ1n) is 6.49. The van der Waals surface area contributed by atoms with E-state index in [1.165, 1.54) is 0 Å². The van der Waals surface area contributed by atoms with Crippen molar-refractivity contribution in [1.82, 2.24) is 10.3 Å². The molecule has 2 atom stereocenters. The van der Waals surface area contributed by atoms with E-state index in [0.717, 1.165) is 16.5 Å². The molecule has 0 saturated carbocycles. The number of aliphatic hydroxyl groups excluding tert-OH is 2. The third-order valence-electron chi connectivity index (χ3n) is 3.17. The average Bonchev–Trinajstić information content (AvgIpc) is 2.87. The first-order chi connectivity index (χ1) is 9.61. The van der Waals surface area contributed by atoms with Crippen molar-refractivity contribution < 1.29 is 15.0 Å². The number of carbonyl (C=O) groups excluding carboxylic acids is 1. The molecule has 6 N–H and O–H groups in total. The molecule has 1 amide bonds. The highest BCUT2D eigenvalue weighted by Crippen LogP contribution is 2.18. The lowest BCUT2D eigenvalue weighted by atomic mass is 10.1. The molecule has 20 heavy (non-hydrogen) atoms. The van der Waals surface area contributed by atoms with Crippen LogP contribution < -0.4 is 11.1 Å². The minimum Gasteiger partial charge on any atom is -0.394 e. The summed E-state index contributed by atoms with van der Waals surface area (Å²) >= 11 is 0. The van der Waals surface area contributed by atoms with Crippen LogP contribution in [0.2, 0.25) is 0 Å². The Labute approximate surface area is 116 Å². The normalized spacial score (nSPS) is 14.2. The van der Waals surface area contributed by atoms with Crippen molar-refractivity contribution in [2.24, 2.45) is 5.73 Å². The molecular weight excluding hydrogens is 258 g/mol. The first kappa shape index (κ1) is 14.5. The highest BCUT2D eigenvalue weighted by molar-refractivity contribution is 5.86. The van der Waals surface area contributed by atoms with Gasteiger partial charge in [-0.2, -0.15) is 0 Å². The summed E-state index contributed by atoms with van der Waals surface area (Å²) in [5.74, 6) is -0.345. The fraction of sp³-hybridized carbons (Fsp3) is 0.357. The van der Waals surface area contributed by atoms with Gasteiger partial charge in [-0.3, -0.25) is 4.79 Å². The Morgan fingerprint density at radius 3 is 2.90 bits per heavy atom. The predicted octanol–water partition coefficient (Wildman–Crippen LogP) is -0.493. The molecular formula is C14H19N3O3. The number of para-hydroxylation sites is 1. The molecule has 108 valence electrons. The fourth-order valence-electron chi connectivity index (χ4n) is 2.04. The minimum absolute atomic E-state index is 0.00306. The quantitative estimate of drug-likeness (QED) is 0.490. The molecule has 0 aliphatic rings. The van der Waals surface area contributed by atoms with E-state index in [1.54, 1.807) is 0 Å². The summed E-state index contributed by atoms with van der Waals surface area (Å²) in [6.07, 6.45) is 1.30. The second-order valence-corrected chi connectivity index (χ2v) is 4.75. The molecule has 1 heterocycles. The second-order valence-electron chi connectivity index (χ2n) is 4.75. The lowest BCUT2D eigenvalue weighted by Gasteiger charge is -2.13. The number of hydrogen-bond acceptors (Lipinski definition) is 4. The Bertz CT molecular complexity index is 582. The van der Waals surface area contributed by atoms with Crippen LogP contribution in [0.5, 0.6) is 0 Å². The van der Waals surface area contributed by atoms with Crippen molar-refractivity contribution in [1.29, 1.82) is 0 Å². The Morgan fingerprint density at radius 1 is 1.40 bits per heavy atom. The van der Waals surface area contributed by atoms with Gasteiger partial charge in [0.05, 0.1) is 18.8 Å². The van der Waals surface area contributed by atoms with Gasteiger partial charge >= 0.3 is 0 Å². The topological polar surface area (TPSA) is 111 Å². The first-order valence-corrected chi connectivity index (χ1v) is 6.49. The molecule has 0 radical (unpaired) electrons. The van der Waals surface area contributed by atoms with E-state index in [0.29, 0.717) is 6.42 Å². The molecule has 1 aromatic heterocycles. The van der Waals surface area contributed by atoms with Gasteiger partial charge in [0.2, 0.25) is 5.91 Å². The number of nitrogens with one attached hydrogen (secondary N) is 2. The summed E-state index contributed by atoms with van der Waals surface area (Å²) < 4.78 is 0. The van der Waals surface area contributed by atoms with Crippen LogP contribution >= 0.6 is 0 Å². The van der Waals surface area contributed by atoms with Gasteiger partial charge in [0.1, 0.15) is 0 Å². The third kappa shape index (κ3) is 3.36. The van der Waals surface area contributed by atoms with Gasteiger partial charge in [0.15, 0.2) is 0 Å². The number of aromatic nitrogens is 1. The number of hydrogen-bond donors (Lipinski definition) is 5. The summed E-state index contributed by atoms with van der Waals surface area (Å²) in [5.41, 5.74) is 7.84. The van der Waals surface area contributed by atoms with E-state index in [9.17, 15) is 9.90 Å². The maximum Gasteiger partial charge on any atom is 0.237 e. The molecule has 6 nitrogen and oxygen atoms in total. The largest absolute Gasteiger partial charge is 0.394 e.